The molecule has 0 amide bonds. The van der Waals surface area contributed by atoms with Crippen LogP contribution in [0.1, 0.15) is 23.7 Å². The normalized spacial score (nSPS) is 9.50. The molecule has 0 bridgehead atoms. The Balaban J connectivity index is 2.78. The zero-order chi connectivity index (χ0) is 12.0. The van der Waals surface area contributed by atoms with E-state index in [2.05, 4.69) is 10.8 Å². The SMILES string of the molecule is C#CCCN(CC)c1ccc(C(=O)O)cc1. The first-order valence-electron chi connectivity index (χ1n) is 5.20. The zero-order valence-corrected chi connectivity index (χ0v) is 9.31. The lowest BCUT2D eigenvalue weighted by atomic mass is 10.2. The van der Waals surface area contributed by atoms with E-state index in [0.29, 0.717) is 12.0 Å². The van der Waals surface area contributed by atoms with Crippen molar-refractivity contribution in [3.8, 4) is 12.3 Å². The minimum atomic E-state index is -0.904. The van der Waals surface area contributed by atoms with E-state index in [-0.39, 0.29) is 0 Å². The van der Waals surface area contributed by atoms with Crippen LogP contribution in [-0.2, 0) is 0 Å². The number of anilines is 1. The summed E-state index contributed by atoms with van der Waals surface area (Å²) in [5.74, 6) is 1.69. The maximum absolute atomic E-state index is 10.7. The summed E-state index contributed by atoms with van der Waals surface area (Å²) in [7, 11) is 0. The summed E-state index contributed by atoms with van der Waals surface area (Å²) in [6.07, 6.45) is 5.91. The highest BCUT2D eigenvalue weighted by Gasteiger charge is 2.05. The maximum atomic E-state index is 10.7. The molecule has 1 rings (SSSR count). The number of carboxylic acids is 1. The molecule has 0 fully saturated rings. The fourth-order valence-electron chi connectivity index (χ4n) is 1.48. The summed E-state index contributed by atoms with van der Waals surface area (Å²) in [5.41, 5.74) is 1.31. The Morgan fingerprint density at radius 1 is 1.44 bits per heavy atom. The lowest BCUT2D eigenvalue weighted by Crippen LogP contribution is -2.23. The number of aromatic carboxylic acids is 1. The Hall–Kier alpha value is -1.95. The lowest BCUT2D eigenvalue weighted by molar-refractivity contribution is 0.0697. The molecule has 1 N–H and O–H groups in total. The molecule has 0 aliphatic rings. The third kappa shape index (κ3) is 3.03. The average Bonchev–Trinajstić information content (AvgIpc) is 2.30. The highest BCUT2D eigenvalue weighted by molar-refractivity contribution is 5.88. The minimum absolute atomic E-state index is 0.303. The smallest absolute Gasteiger partial charge is 0.335 e. The summed E-state index contributed by atoms with van der Waals surface area (Å²) in [5, 5.41) is 8.77. The topological polar surface area (TPSA) is 40.5 Å². The van der Waals surface area contributed by atoms with E-state index in [1.807, 2.05) is 19.1 Å². The molecule has 1 aromatic carbocycles. The summed E-state index contributed by atoms with van der Waals surface area (Å²) in [4.78, 5) is 12.8. The molecule has 0 atom stereocenters. The Kier molecular flexibility index (Phi) is 4.41. The Bertz CT molecular complexity index is 389. The van der Waals surface area contributed by atoms with E-state index in [9.17, 15) is 4.79 Å². The zero-order valence-electron chi connectivity index (χ0n) is 9.31. The molecule has 0 saturated heterocycles. The van der Waals surface area contributed by atoms with Gasteiger partial charge in [0.05, 0.1) is 5.56 Å². The molecule has 0 unspecified atom stereocenters. The van der Waals surface area contributed by atoms with Crippen LogP contribution in [0.5, 0.6) is 0 Å². The number of carboxylic acid groups (broad SMARTS) is 1. The van der Waals surface area contributed by atoms with Crippen molar-refractivity contribution in [1.29, 1.82) is 0 Å². The molecule has 0 aromatic heterocycles. The fraction of sp³-hybridized carbons (Fsp3) is 0.308. The average molecular weight is 217 g/mol. The van der Waals surface area contributed by atoms with Gasteiger partial charge in [0.15, 0.2) is 0 Å². The quantitative estimate of drug-likeness (QED) is 0.769. The van der Waals surface area contributed by atoms with Gasteiger partial charge in [-0.2, -0.15) is 0 Å². The molecule has 0 radical (unpaired) electrons. The van der Waals surface area contributed by atoms with Gasteiger partial charge in [-0.05, 0) is 31.2 Å². The van der Waals surface area contributed by atoms with Crippen molar-refractivity contribution in [2.45, 2.75) is 13.3 Å². The van der Waals surface area contributed by atoms with Crippen molar-refractivity contribution >= 4 is 11.7 Å². The third-order valence-electron chi connectivity index (χ3n) is 2.39. The predicted molar refractivity (Wildman–Crippen MR) is 64.7 cm³/mol. The van der Waals surface area contributed by atoms with Crippen molar-refractivity contribution in [2.24, 2.45) is 0 Å². The first kappa shape index (κ1) is 12.1. The highest BCUT2D eigenvalue weighted by Crippen LogP contribution is 2.15. The summed E-state index contributed by atoms with van der Waals surface area (Å²) in [6, 6.07) is 6.83. The van der Waals surface area contributed by atoms with Gasteiger partial charge in [-0.25, -0.2) is 4.79 Å². The van der Waals surface area contributed by atoms with Gasteiger partial charge in [-0.15, -0.1) is 12.3 Å². The second kappa shape index (κ2) is 5.82. The van der Waals surface area contributed by atoms with Gasteiger partial charge in [0.1, 0.15) is 0 Å². The molecule has 0 aliphatic heterocycles. The van der Waals surface area contributed by atoms with Crippen LogP contribution in [0.4, 0.5) is 5.69 Å². The van der Waals surface area contributed by atoms with Crippen LogP contribution < -0.4 is 4.90 Å². The monoisotopic (exact) mass is 217 g/mol. The van der Waals surface area contributed by atoms with E-state index < -0.39 is 5.97 Å². The second-order valence-electron chi connectivity index (χ2n) is 3.39. The minimum Gasteiger partial charge on any atom is -0.478 e. The van der Waals surface area contributed by atoms with Crippen molar-refractivity contribution in [3.63, 3.8) is 0 Å². The maximum Gasteiger partial charge on any atom is 0.335 e. The molecule has 0 heterocycles. The van der Waals surface area contributed by atoms with Crippen LogP contribution in [0.25, 0.3) is 0 Å². The van der Waals surface area contributed by atoms with E-state index in [1.54, 1.807) is 12.1 Å². The largest absolute Gasteiger partial charge is 0.478 e. The first-order valence-corrected chi connectivity index (χ1v) is 5.20. The number of nitrogens with zero attached hydrogens (tertiary/aromatic N) is 1. The number of hydrogen-bond acceptors (Lipinski definition) is 2. The van der Waals surface area contributed by atoms with Gasteiger partial charge >= 0.3 is 5.97 Å². The van der Waals surface area contributed by atoms with E-state index in [0.717, 1.165) is 18.8 Å². The number of carbonyl (C=O) groups is 1. The van der Waals surface area contributed by atoms with Crippen LogP contribution in [0.3, 0.4) is 0 Å². The van der Waals surface area contributed by atoms with Gasteiger partial charge in [-0.3, -0.25) is 0 Å². The number of rotatable bonds is 5. The van der Waals surface area contributed by atoms with E-state index in [1.165, 1.54) is 0 Å². The van der Waals surface area contributed by atoms with Crippen molar-refractivity contribution < 1.29 is 9.90 Å². The van der Waals surface area contributed by atoms with Crippen LogP contribution in [0.2, 0.25) is 0 Å². The van der Waals surface area contributed by atoms with Crippen LogP contribution in [0.15, 0.2) is 24.3 Å². The number of terminal acetylenes is 1. The van der Waals surface area contributed by atoms with Gasteiger partial charge < -0.3 is 10.0 Å². The molecule has 0 aliphatic carbocycles. The molecule has 84 valence electrons. The molecular formula is C13H15NO2. The van der Waals surface area contributed by atoms with Gasteiger partial charge in [-0.1, -0.05) is 0 Å². The molecule has 0 saturated carbocycles. The molecule has 16 heavy (non-hydrogen) atoms. The Labute approximate surface area is 95.7 Å². The first-order chi connectivity index (χ1) is 7.69. The van der Waals surface area contributed by atoms with Crippen molar-refractivity contribution in [3.05, 3.63) is 29.8 Å². The number of benzene rings is 1. The van der Waals surface area contributed by atoms with Crippen molar-refractivity contribution in [2.75, 3.05) is 18.0 Å². The van der Waals surface area contributed by atoms with Crippen LogP contribution in [-0.4, -0.2) is 24.2 Å². The van der Waals surface area contributed by atoms with Crippen molar-refractivity contribution in [1.82, 2.24) is 0 Å². The van der Waals surface area contributed by atoms with Crippen LogP contribution >= 0.6 is 0 Å². The lowest BCUT2D eigenvalue weighted by Gasteiger charge is -2.22. The Morgan fingerprint density at radius 3 is 2.50 bits per heavy atom. The predicted octanol–water partition coefficient (Wildman–Crippen LogP) is 2.23. The standard InChI is InChI=1S/C13H15NO2/c1-3-5-10-14(4-2)12-8-6-11(7-9-12)13(15)16/h1,6-9H,4-5,10H2,2H3,(H,15,16). The molecular weight excluding hydrogens is 202 g/mol. The second-order valence-corrected chi connectivity index (χ2v) is 3.39. The summed E-state index contributed by atoms with van der Waals surface area (Å²) >= 11 is 0. The van der Waals surface area contributed by atoms with E-state index in [4.69, 9.17) is 11.5 Å². The third-order valence-corrected chi connectivity index (χ3v) is 2.39. The van der Waals surface area contributed by atoms with E-state index >= 15 is 0 Å². The fourth-order valence-corrected chi connectivity index (χ4v) is 1.48. The molecule has 1 aromatic rings. The molecule has 3 nitrogen and oxygen atoms in total. The highest BCUT2D eigenvalue weighted by atomic mass is 16.4. The number of hydrogen-bond donors (Lipinski definition) is 1. The van der Waals surface area contributed by atoms with Crippen LogP contribution in [0, 0.1) is 12.3 Å². The summed E-state index contributed by atoms with van der Waals surface area (Å²) in [6.45, 7) is 3.69. The molecule has 0 spiro atoms. The van der Waals surface area contributed by atoms with Gasteiger partial charge in [0, 0.05) is 25.2 Å². The van der Waals surface area contributed by atoms with Gasteiger partial charge in [0.2, 0.25) is 0 Å². The van der Waals surface area contributed by atoms with Gasteiger partial charge in [0.25, 0.3) is 0 Å². The Morgan fingerprint density at radius 2 is 2.06 bits per heavy atom. The molecule has 3 heteroatoms. The summed E-state index contributed by atoms with van der Waals surface area (Å²) < 4.78 is 0.